The monoisotopic (exact) mass is 296 g/mol. The highest BCUT2D eigenvalue weighted by Crippen LogP contribution is 2.18. The summed E-state index contributed by atoms with van der Waals surface area (Å²) in [7, 11) is -3.80. The Morgan fingerprint density at radius 3 is 2.50 bits per heavy atom. The normalized spacial score (nSPS) is 11.9. The molecule has 0 amide bonds. The maximum Gasteiger partial charge on any atom is 0.310 e. The van der Waals surface area contributed by atoms with Crippen LogP contribution in [0.2, 0.25) is 0 Å². The molecular weight excluding hydrogens is 280 g/mol. The predicted molar refractivity (Wildman–Crippen MR) is 72.5 cm³/mol. The van der Waals surface area contributed by atoms with E-state index >= 15 is 0 Å². The van der Waals surface area contributed by atoms with E-state index in [1.54, 1.807) is 6.92 Å². The van der Waals surface area contributed by atoms with Crippen LogP contribution in [0, 0.1) is 23.7 Å². The minimum atomic E-state index is -3.80. The van der Waals surface area contributed by atoms with Gasteiger partial charge in [-0.2, -0.15) is 5.26 Å². The summed E-state index contributed by atoms with van der Waals surface area (Å²) in [6.07, 6.45) is 0. The molecule has 0 saturated heterocycles. The molecule has 1 aromatic rings. The molecule has 0 aliphatic carbocycles. The van der Waals surface area contributed by atoms with E-state index in [1.807, 2.05) is 6.07 Å². The zero-order valence-electron chi connectivity index (χ0n) is 11.5. The Morgan fingerprint density at radius 2 is 2.05 bits per heavy atom. The van der Waals surface area contributed by atoms with Crippen molar-refractivity contribution in [3.63, 3.8) is 0 Å². The fourth-order valence-corrected chi connectivity index (χ4v) is 2.66. The van der Waals surface area contributed by atoms with Crippen LogP contribution >= 0.6 is 0 Å². The number of sulfonamides is 1. The van der Waals surface area contributed by atoms with E-state index in [9.17, 15) is 13.2 Å². The minimum absolute atomic E-state index is 0.00943. The molecule has 0 aromatic heterocycles. The van der Waals surface area contributed by atoms with E-state index in [2.05, 4.69) is 4.72 Å². The van der Waals surface area contributed by atoms with Gasteiger partial charge in [-0.1, -0.05) is 0 Å². The van der Waals surface area contributed by atoms with Crippen molar-refractivity contribution < 1.29 is 18.3 Å². The number of rotatable bonds is 5. The molecule has 20 heavy (non-hydrogen) atoms. The van der Waals surface area contributed by atoms with Gasteiger partial charge in [-0.25, -0.2) is 13.1 Å². The van der Waals surface area contributed by atoms with E-state index < -0.39 is 21.4 Å². The van der Waals surface area contributed by atoms with Crippen molar-refractivity contribution in [1.82, 2.24) is 4.72 Å². The maximum atomic E-state index is 12.1. The van der Waals surface area contributed by atoms with Crippen molar-refractivity contribution in [2.45, 2.75) is 25.7 Å². The van der Waals surface area contributed by atoms with Crippen LogP contribution in [0.25, 0.3) is 0 Å². The van der Waals surface area contributed by atoms with Crippen molar-refractivity contribution in [3.05, 3.63) is 29.3 Å². The third-order valence-corrected chi connectivity index (χ3v) is 4.31. The summed E-state index contributed by atoms with van der Waals surface area (Å²) < 4.78 is 26.4. The van der Waals surface area contributed by atoms with E-state index in [1.165, 1.54) is 32.0 Å². The number of aliphatic carboxylic acids is 1. The lowest BCUT2D eigenvalue weighted by atomic mass is 9.95. The summed E-state index contributed by atoms with van der Waals surface area (Å²) in [6.45, 7) is 4.28. The fraction of sp³-hybridized carbons (Fsp3) is 0.385. The van der Waals surface area contributed by atoms with Gasteiger partial charge in [-0.3, -0.25) is 4.79 Å². The lowest BCUT2D eigenvalue weighted by Crippen LogP contribution is -2.38. The molecule has 0 heterocycles. The third kappa shape index (κ3) is 3.56. The molecule has 108 valence electrons. The van der Waals surface area contributed by atoms with Crippen LogP contribution in [0.3, 0.4) is 0 Å². The second-order valence-corrected chi connectivity index (χ2v) is 6.87. The molecule has 0 bridgehead atoms. The van der Waals surface area contributed by atoms with Gasteiger partial charge in [0, 0.05) is 6.54 Å². The Labute approximate surface area is 118 Å². The van der Waals surface area contributed by atoms with Gasteiger partial charge in [-0.05, 0) is 44.5 Å². The Bertz CT molecular complexity index is 672. The van der Waals surface area contributed by atoms with Crippen molar-refractivity contribution in [2.75, 3.05) is 6.54 Å². The van der Waals surface area contributed by atoms with Gasteiger partial charge in [0.1, 0.15) is 0 Å². The first kappa shape index (κ1) is 16.1. The van der Waals surface area contributed by atoms with E-state index in [4.69, 9.17) is 10.4 Å². The molecule has 6 nitrogen and oxygen atoms in total. The molecule has 0 spiro atoms. The van der Waals surface area contributed by atoms with Crippen LogP contribution in [0.15, 0.2) is 23.1 Å². The molecule has 0 unspecified atom stereocenters. The van der Waals surface area contributed by atoms with Crippen LogP contribution in [0.1, 0.15) is 25.0 Å². The first-order valence-corrected chi connectivity index (χ1v) is 7.32. The van der Waals surface area contributed by atoms with Gasteiger partial charge in [0.05, 0.1) is 21.9 Å². The van der Waals surface area contributed by atoms with E-state index in [0.29, 0.717) is 11.1 Å². The third-order valence-electron chi connectivity index (χ3n) is 2.91. The zero-order chi connectivity index (χ0) is 15.6. The fourth-order valence-electron chi connectivity index (χ4n) is 1.36. The van der Waals surface area contributed by atoms with Crippen LogP contribution in [0.4, 0.5) is 0 Å². The predicted octanol–water partition coefficient (Wildman–Crippen LogP) is 1.26. The van der Waals surface area contributed by atoms with Crippen molar-refractivity contribution >= 4 is 16.0 Å². The summed E-state index contributed by atoms with van der Waals surface area (Å²) in [4.78, 5) is 11.0. The first-order chi connectivity index (χ1) is 9.10. The first-order valence-electron chi connectivity index (χ1n) is 5.84. The molecule has 7 heteroatoms. The van der Waals surface area contributed by atoms with Gasteiger partial charge in [0.15, 0.2) is 0 Å². The van der Waals surface area contributed by atoms with Gasteiger partial charge in [0.25, 0.3) is 0 Å². The van der Waals surface area contributed by atoms with Gasteiger partial charge in [0.2, 0.25) is 10.0 Å². The van der Waals surface area contributed by atoms with Gasteiger partial charge in [-0.15, -0.1) is 0 Å². The highest BCUT2D eigenvalue weighted by molar-refractivity contribution is 7.89. The quantitative estimate of drug-likeness (QED) is 0.850. The van der Waals surface area contributed by atoms with Crippen LogP contribution in [0.5, 0.6) is 0 Å². The standard InChI is InChI=1S/C13H16N2O4S/c1-9-6-11(5-4-10(9)7-14)20(18,19)15-8-13(2,3)12(16)17/h4-6,15H,8H2,1-3H3,(H,16,17). The summed E-state index contributed by atoms with van der Waals surface area (Å²) in [5, 5.41) is 17.8. The van der Waals surface area contributed by atoms with Crippen molar-refractivity contribution in [2.24, 2.45) is 5.41 Å². The molecule has 2 N–H and O–H groups in total. The van der Waals surface area contributed by atoms with Gasteiger partial charge < -0.3 is 5.11 Å². The average molecular weight is 296 g/mol. The number of nitrogens with one attached hydrogen (secondary N) is 1. The van der Waals surface area contributed by atoms with Crippen molar-refractivity contribution in [3.8, 4) is 6.07 Å². The molecule has 0 fully saturated rings. The number of aryl methyl sites for hydroxylation is 1. The molecular formula is C13H16N2O4S. The summed E-state index contributed by atoms with van der Waals surface area (Å²) >= 11 is 0. The van der Waals surface area contributed by atoms with E-state index in [-0.39, 0.29) is 11.4 Å². The number of hydrogen-bond donors (Lipinski definition) is 2. The molecule has 0 aliphatic rings. The number of carboxylic acids is 1. The molecule has 0 atom stereocenters. The maximum absolute atomic E-state index is 12.1. The molecule has 0 radical (unpaired) electrons. The zero-order valence-corrected chi connectivity index (χ0v) is 12.3. The molecule has 0 saturated carbocycles. The molecule has 0 aliphatic heterocycles. The highest BCUT2D eigenvalue weighted by Gasteiger charge is 2.29. The van der Waals surface area contributed by atoms with Crippen molar-refractivity contribution in [1.29, 1.82) is 5.26 Å². The summed E-state index contributed by atoms with van der Waals surface area (Å²) in [5.74, 6) is -1.09. The number of benzene rings is 1. The van der Waals surface area contributed by atoms with E-state index in [0.717, 1.165) is 0 Å². The highest BCUT2D eigenvalue weighted by atomic mass is 32.2. The number of carbonyl (C=O) groups is 1. The molecule has 1 aromatic carbocycles. The lowest BCUT2D eigenvalue weighted by molar-refractivity contribution is -0.146. The molecule has 1 rings (SSSR count). The van der Waals surface area contributed by atoms with Crippen LogP contribution < -0.4 is 4.72 Å². The lowest BCUT2D eigenvalue weighted by Gasteiger charge is -2.19. The largest absolute Gasteiger partial charge is 0.481 e. The average Bonchev–Trinajstić information content (AvgIpc) is 2.36. The Kier molecular flexibility index (Phi) is 4.53. The Hall–Kier alpha value is -1.91. The van der Waals surface area contributed by atoms with Crippen LogP contribution in [-0.2, 0) is 14.8 Å². The Balaban J connectivity index is 2.99. The second-order valence-electron chi connectivity index (χ2n) is 5.10. The minimum Gasteiger partial charge on any atom is -0.481 e. The Morgan fingerprint density at radius 1 is 1.45 bits per heavy atom. The smallest absolute Gasteiger partial charge is 0.310 e. The number of nitriles is 1. The topological polar surface area (TPSA) is 107 Å². The summed E-state index contributed by atoms with van der Waals surface area (Å²) in [5.41, 5.74) is -0.253. The number of carboxylic acid groups (broad SMARTS) is 1. The van der Waals surface area contributed by atoms with Crippen LogP contribution in [-0.4, -0.2) is 26.0 Å². The van der Waals surface area contributed by atoms with Gasteiger partial charge >= 0.3 is 5.97 Å². The second kappa shape index (κ2) is 5.61. The SMILES string of the molecule is Cc1cc(S(=O)(=O)NCC(C)(C)C(=O)O)ccc1C#N. The number of hydrogen-bond acceptors (Lipinski definition) is 4. The number of nitrogens with zero attached hydrogens (tertiary/aromatic N) is 1. The summed E-state index contributed by atoms with van der Waals surface area (Å²) in [6, 6.07) is 6.08.